The van der Waals surface area contributed by atoms with Crippen LogP contribution in [0.15, 0.2) is 54.7 Å². The number of hydrogen-bond acceptors (Lipinski definition) is 3. The van der Waals surface area contributed by atoms with E-state index in [0.717, 1.165) is 22.5 Å². The van der Waals surface area contributed by atoms with Gasteiger partial charge in [0.05, 0.1) is 17.2 Å². The van der Waals surface area contributed by atoms with E-state index in [-0.39, 0.29) is 0 Å². The minimum absolute atomic E-state index is 0.713. The van der Waals surface area contributed by atoms with E-state index in [4.69, 9.17) is 11.6 Å². The molecule has 0 aliphatic rings. The maximum absolute atomic E-state index is 5.84. The molecular weight excluding hydrogens is 246 g/mol. The zero-order valence-electron chi connectivity index (χ0n) is 9.47. The van der Waals surface area contributed by atoms with Crippen LogP contribution < -0.4 is 5.32 Å². The Balaban J connectivity index is 1.92. The molecule has 0 fully saturated rings. The Morgan fingerprint density at radius 2 is 1.61 bits per heavy atom. The lowest BCUT2D eigenvalue weighted by Crippen LogP contribution is -1.94. The van der Waals surface area contributed by atoms with Crippen molar-refractivity contribution >= 4 is 34.1 Å². The van der Waals surface area contributed by atoms with Crippen LogP contribution in [-0.4, -0.2) is 9.97 Å². The Labute approximate surface area is 109 Å². The van der Waals surface area contributed by atoms with Gasteiger partial charge in [0.25, 0.3) is 0 Å². The predicted molar refractivity (Wildman–Crippen MR) is 74.3 cm³/mol. The maximum Gasteiger partial charge on any atom is 0.149 e. The fraction of sp³-hybridized carbons (Fsp3) is 0. The van der Waals surface area contributed by atoms with Crippen LogP contribution in [0, 0.1) is 0 Å². The van der Waals surface area contributed by atoms with Crippen molar-refractivity contribution in [1.29, 1.82) is 0 Å². The van der Waals surface area contributed by atoms with Crippen LogP contribution >= 0.6 is 11.6 Å². The molecule has 1 N–H and O–H groups in total. The van der Waals surface area contributed by atoms with Crippen molar-refractivity contribution in [3.05, 3.63) is 59.8 Å². The Bertz CT molecular complexity index is 680. The number of hydrogen-bond donors (Lipinski definition) is 1. The van der Waals surface area contributed by atoms with Gasteiger partial charge < -0.3 is 5.32 Å². The molecule has 0 spiro atoms. The molecule has 2 aromatic carbocycles. The van der Waals surface area contributed by atoms with Crippen LogP contribution in [0.5, 0.6) is 0 Å². The van der Waals surface area contributed by atoms with E-state index in [0.29, 0.717) is 5.02 Å². The summed E-state index contributed by atoms with van der Waals surface area (Å²) in [7, 11) is 0. The van der Waals surface area contributed by atoms with Crippen LogP contribution in [-0.2, 0) is 0 Å². The SMILES string of the molecule is Clc1ccc(Nc2cnc3ccccc3n2)cc1. The molecule has 1 heterocycles. The first-order valence-corrected chi connectivity index (χ1v) is 5.93. The van der Waals surface area contributed by atoms with E-state index in [1.54, 1.807) is 6.20 Å². The second kappa shape index (κ2) is 4.63. The minimum atomic E-state index is 0.713. The highest BCUT2D eigenvalue weighted by Crippen LogP contribution is 2.18. The maximum atomic E-state index is 5.84. The molecule has 0 amide bonds. The first-order chi connectivity index (χ1) is 8.81. The van der Waals surface area contributed by atoms with Gasteiger partial charge in [-0.2, -0.15) is 0 Å². The number of rotatable bonds is 2. The van der Waals surface area contributed by atoms with E-state index >= 15 is 0 Å². The molecule has 0 radical (unpaired) electrons. The molecule has 3 rings (SSSR count). The molecule has 3 aromatic rings. The van der Waals surface area contributed by atoms with E-state index in [1.807, 2.05) is 48.5 Å². The number of fused-ring (bicyclic) bond motifs is 1. The lowest BCUT2D eigenvalue weighted by Gasteiger charge is -2.06. The summed E-state index contributed by atoms with van der Waals surface area (Å²) in [4.78, 5) is 8.83. The average Bonchev–Trinajstić information content (AvgIpc) is 2.41. The van der Waals surface area contributed by atoms with Crippen molar-refractivity contribution in [3.63, 3.8) is 0 Å². The van der Waals surface area contributed by atoms with Gasteiger partial charge in [-0.3, -0.25) is 4.98 Å². The fourth-order valence-corrected chi connectivity index (χ4v) is 1.82. The largest absolute Gasteiger partial charge is 0.339 e. The number of nitrogens with one attached hydrogen (secondary N) is 1. The van der Waals surface area contributed by atoms with Gasteiger partial charge in [0.1, 0.15) is 5.82 Å². The van der Waals surface area contributed by atoms with E-state index in [2.05, 4.69) is 15.3 Å². The van der Waals surface area contributed by atoms with Gasteiger partial charge in [-0.15, -0.1) is 0 Å². The Morgan fingerprint density at radius 1 is 0.889 bits per heavy atom. The molecule has 0 saturated heterocycles. The molecule has 3 nitrogen and oxygen atoms in total. The van der Waals surface area contributed by atoms with Crippen molar-refractivity contribution in [2.45, 2.75) is 0 Å². The zero-order valence-corrected chi connectivity index (χ0v) is 10.2. The van der Waals surface area contributed by atoms with Gasteiger partial charge in [-0.05, 0) is 36.4 Å². The molecule has 18 heavy (non-hydrogen) atoms. The molecule has 0 aliphatic heterocycles. The summed E-state index contributed by atoms with van der Waals surface area (Å²) in [5, 5.41) is 3.90. The first kappa shape index (κ1) is 11.0. The molecule has 0 aliphatic carbocycles. The summed E-state index contributed by atoms with van der Waals surface area (Å²) in [5.74, 6) is 0.719. The number of aromatic nitrogens is 2. The quantitative estimate of drug-likeness (QED) is 0.751. The molecule has 0 saturated carbocycles. The Morgan fingerprint density at radius 3 is 2.39 bits per heavy atom. The highest BCUT2D eigenvalue weighted by Gasteiger charge is 1.99. The number of nitrogens with zero attached hydrogens (tertiary/aromatic N) is 2. The smallest absolute Gasteiger partial charge is 0.149 e. The number of para-hydroxylation sites is 2. The van der Waals surface area contributed by atoms with Gasteiger partial charge in [-0.25, -0.2) is 4.98 Å². The Hall–Kier alpha value is -2.13. The standard InChI is InChI=1S/C14H10ClN3/c15-10-5-7-11(8-6-10)17-14-9-16-12-3-1-2-4-13(12)18-14/h1-9H,(H,17,18). The molecule has 1 aromatic heterocycles. The van der Waals surface area contributed by atoms with Crippen molar-refractivity contribution in [3.8, 4) is 0 Å². The van der Waals surface area contributed by atoms with E-state index in [9.17, 15) is 0 Å². The van der Waals surface area contributed by atoms with E-state index < -0.39 is 0 Å². The molecule has 88 valence electrons. The van der Waals surface area contributed by atoms with Gasteiger partial charge in [0, 0.05) is 10.7 Å². The summed E-state index contributed by atoms with van der Waals surface area (Å²) in [6.07, 6.45) is 1.72. The minimum Gasteiger partial charge on any atom is -0.339 e. The van der Waals surface area contributed by atoms with Crippen LogP contribution in [0.4, 0.5) is 11.5 Å². The van der Waals surface area contributed by atoms with Crippen LogP contribution in [0.3, 0.4) is 0 Å². The number of benzene rings is 2. The average molecular weight is 256 g/mol. The van der Waals surface area contributed by atoms with Crippen LogP contribution in [0.1, 0.15) is 0 Å². The zero-order chi connectivity index (χ0) is 12.4. The molecule has 4 heteroatoms. The lowest BCUT2D eigenvalue weighted by molar-refractivity contribution is 1.28. The summed E-state index contributed by atoms with van der Waals surface area (Å²) in [5.41, 5.74) is 2.69. The van der Waals surface area contributed by atoms with E-state index in [1.165, 1.54) is 0 Å². The van der Waals surface area contributed by atoms with Gasteiger partial charge in [-0.1, -0.05) is 23.7 Å². The highest BCUT2D eigenvalue weighted by molar-refractivity contribution is 6.30. The van der Waals surface area contributed by atoms with Crippen molar-refractivity contribution < 1.29 is 0 Å². The number of halogens is 1. The molecular formula is C14H10ClN3. The lowest BCUT2D eigenvalue weighted by atomic mass is 10.3. The Kier molecular flexibility index (Phi) is 2.82. The third kappa shape index (κ3) is 2.26. The summed E-state index contributed by atoms with van der Waals surface area (Å²) in [6, 6.07) is 15.2. The second-order valence-corrected chi connectivity index (χ2v) is 4.31. The summed E-state index contributed by atoms with van der Waals surface area (Å²) >= 11 is 5.84. The normalized spacial score (nSPS) is 10.5. The third-order valence-corrected chi connectivity index (χ3v) is 2.82. The van der Waals surface area contributed by atoms with Crippen molar-refractivity contribution in [2.24, 2.45) is 0 Å². The molecule has 0 unspecified atom stereocenters. The monoisotopic (exact) mass is 255 g/mol. The fourth-order valence-electron chi connectivity index (χ4n) is 1.70. The molecule has 0 bridgehead atoms. The van der Waals surface area contributed by atoms with Crippen molar-refractivity contribution in [1.82, 2.24) is 9.97 Å². The predicted octanol–water partition coefficient (Wildman–Crippen LogP) is 4.03. The van der Waals surface area contributed by atoms with Crippen LogP contribution in [0.25, 0.3) is 11.0 Å². The highest BCUT2D eigenvalue weighted by atomic mass is 35.5. The summed E-state index contributed by atoms with van der Waals surface area (Å²) in [6.45, 7) is 0. The van der Waals surface area contributed by atoms with Crippen LogP contribution in [0.2, 0.25) is 5.02 Å². The summed E-state index contributed by atoms with van der Waals surface area (Å²) < 4.78 is 0. The van der Waals surface area contributed by atoms with Gasteiger partial charge >= 0.3 is 0 Å². The third-order valence-electron chi connectivity index (χ3n) is 2.57. The number of anilines is 2. The van der Waals surface area contributed by atoms with Gasteiger partial charge in [0.15, 0.2) is 0 Å². The first-order valence-electron chi connectivity index (χ1n) is 5.56. The van der Waals surface area contributed by atoms with Gasteiger partial charge in [0.2, 0.25) is 0 Å². The molecule has 0 atom stereocenters. The van der Waals surface area contributed by atoms with Crippen molar-refractivity contribution in [2.75, 3.05) is 5.32 Å². The second-order valence-electron chi connectivity index (χ2n) is 3.88. The topological polar surface area (TPSA) is 37.8 Å².